The van der Waals surface area contributed by atoms with E-state index in [2.05, 4.69) is 9.88 Å². The van der Waals surface area contributed by atoms with Crippen molar-refractivity contribution in [2.45, 2.75) is 32.1 Å². The van der Waals surface area contributed by atoms with Gasteiger partial charge in [0.2, 0.25) is 10.0 Å². The molecule has 0 atom stereocenters. The van der Waals surface area contributed by atoms with E-state index in [4.69, 9.17) is 16.6 Å². The maximum Gasteiger partial charge on any atom is 0.243 e. The molecule has 3 aromatic rings. The first-order chi connectivity index (χ1) is 15.3. The molecule has 0 amide bonds. The summed E-state index contributed by atoms with van der Waals surface area (Å²) in [6, 6.07) is 14.8. The summed E-state index contributed by atoms with van der Waals surface area (Å²) in [6.45, 7) is 7.76. The van der Waals surface area contributed by atoms with Crippen LogP contribution in [0.15, 0.2) is 53.4 Å². The van der Waals surface area contributed by atoms with E-state index < -0.39 is 10.0 Å². The number of rotatable bonds is 5. The van der Waals surface area contributed by atoms with E-state index in [1.807, 2.05) is 57.2 Å². The van der Waals surface area contributed by atoms with Gasteiger partial charge in [0.1, 0.15) is 11.6 Å². The Morgan fingerprint density at radius 1 is 0.906 bits per heavy atom. The average molecular weight is 471 g/mol. The van der Waals surface area contributed by atoms with Crippen LogP contribution in [0.25, 0.3) is 0 Å². The van der Waals surface area contributed by atoms with Gasteiger partial charge >= 0.3 is 0 Å². The van der Waals surface area contributed by atoms with Crippen molar-refractivity contribution in [3.05, 3.63) is 81.8 Å². The third-order valence-electron chi connectivity index (χ3n) is 5.83. The fourth-order valence-electron chi connectivity index (χ4n) is 4.02. The highest BCUT2D eigenvalue weighted by Gasteiger charge is 2.30. The van der Waals surface area contributed by atoms with Crippen LogP contribution in [0, 0.1) is 20.8 Å². The quantitative estimate of drug-likeness (QED) is 0.560. The molecule has 4 rings (SSSR count). The number of hydrogen-bond donors (Lipinski definition) is 0. The molecular weight excluding hydrogens is 444 g/mol. The number of benzene rings is 2. The van der Waals surface area contributed by atoms with Gasteiger partial charge in [-0.15, -0.1) is 0 Å². The van der Waals surface area contributed by atoms with E-state index in [9.17, 15) is 8.42 Å². The lowest BCUT2D eigenvalue weighted by Crippen LogP contribution is -2.49. The predicted octanol–water partition coefficient (Wildman–Crippen LogP) is 4.16. The summed E-state index contributed by atoms with van der Waals surface area (Å²) in [5.41, 5.74) is 4.00. The molecule has 0 bridgehead atoms. The zero-order valence-corrected chi connectivity index (χ0v) is 20.1. The van der Waals surface area contributed by atoms with Gasteiger partial charge in [-0.3, -0.25) is 0 Å². The van der Waals surface area contributed by atoms with Gasteiger partial charge in [0, 0.05) is 48.9 Å². The summed E-state index contributed by atoms with van der Waals surface area (Å²) in [6.07, 6.45) is 0.628. The minimum atomic E-state index is -3.51. The van der Waals surface area contributed by atoms with Gasteiger partial charge in [-0.1, -0.05) is 47.5 Å². The Kier molecular flexibility index (Phi) is 6.51. The van der Waals surface area contributed by atoms with Gasteiger partial charge in [0.15, 0.2) is 0 Å². The van der Waals surface area contributed by atoms with Crippen molar-refractivity contribution in [2.24, 2.45) is 0 Å². The molecule has 6 nitrogen and oxygen atoms in total. The molecular formula is C24H27ClN4O2S. The number of aryl methyl sites for hydroxylation is 3. The number of aromatic nitrogens is 2. The van der Waals surface area contributed by atoms with Gasteiger partial charge in [-0.25, -0.2) is 18.4 Å². The lowest BCUT2D eigenvalue weighted by Gasteiger charge is -2.36. The minimum Gasteiger partial charge on any atom is -0.354 e. The highest BCUT2D eigenvalue weighted by molar-refractivity contribution is 7.89. The number of sulfonamides is 1. The lowest BCUT2D eigenvalue weighted by atomic mass is 10.0. The molecule has 0 saturated carbocycles. The molecule has 0 unspecified atom stereocenters. The van der Waals surface area contributed by atoms with E-state index in [0.29, 0.717) is 48.3 Å². The smallest absolute Gasteiger partial charge is 0.243 e. The van der Waals surface area contributed by atoms with Crippen LogP contribution < -0.4 is 4.90 Å². The van der Waals surface area contributed by atoms with E-state index >= 15 is 0 Å². The Labute approximate surface area is 194 Å². The summed E-state index contributed by atoms with van der Waals surface area (Å²) in [5, 5.41) is 0.715. The van der Waals surface area contributed by atoms with Crippen LogP contribution in [-0.2, 0) is 16.4 Å². The van der Waals surface area contributed by atoms with Crippen molar-refractivity contribution >= 4 is 27.4 Å². The van der Waals surface area contributed by atoms with Crippen LogP contribution in [0.1, 0.15) is 28.2 Å². The zero-order valence-electron chi connectivity index (χ0n) is 18.5. The van der Waals surface area contributed by atoms with Crippen molar-refractivity contribution in [2.75, 3.05) is 31.1 Å². The summed E-state index contributed by atoms with van der Waals surface area (Å²) < 4.78 is 27.7. The normalized spacial score (nSPS) is 15.2. The second-order valence-corrected chi connectivity index (χ2v) is 10.5. The van der Waals surface area contributed by atoms with Crippen LogP contribution in [0.2, 0.25) is 5.02 Å². The number of piperazine rings is 1. The third kappa shape index (κ3) is 4.65. The Hall–Kier alpha value is -2.48. The van der Waals surface area contributed by atoms with Crippen molar-refractivity contribution < 1.29 is 8.42 Å². The molecule has 0 aliphatic carbocycles. The van der Waals surface area contributed by atoms with Crippen LogP contribution in [0.3, 0.4) is 0 Å². The maximum atomic E-state index is 13.1. The van der Waals surface area contributed by atoms with Gasteiger partial charge in [-0.05, 0) is 44.5 Å². The standard InChI is InChI=1S/C24H27ClN4O2S/c1-17-8-10-21(11-9-17)32(30,31)29-14-12-28(13-15-29)24-22(18(2)26-19(3)27-24)16-20-6-4-5-7-23(20)25/h4-11H,12-16H2,1-3H3. The van der Waals surface area contributed by atoms with Crippen molar-refractivity contribution in [3.8, 4) is 0 Å². The summed E-state index contributed by atoms with van der Waals surface area (Å²) in [5.74, 6) is 1.57. The summed E-state index contributed by atoms with van der Waals surface area (Å²) in [7, 11) is -3.51. The Balaban J connectivity index is 1.57. The van der Waals surface area contributed by atoms with Crippen molar-refractivity contribution in [1.82, 2.24) is 14.3 Å². The Bertz CT molecular complexity index is 1220. The topological polar surface area (TPSA) is 66.4 Å². The maximum absolute atomic E-state index is 13.1. The molecule has 1 aliphatic heterocycles. The number of anilines is 1. The van der Waals surface area contributed by atoms with Crippen molar-refractivity contribution in [3.63, 3.8) is 0 Å². The van der Waals surface area contributed by atoms with Gasteiger partial charge in [-0.2, -0.15) is 4.31 Å². The van der Waals surface area contributed by atoms with Gasteiger partial charge in [0.25, 0.3) is 0 Å². The molecule has 2 aromatic carbocycles. The Morgan fingerprint density at radius 3 is 2.22 bits per heavy atom. The van der Waals surface area contributed by atoms with Crippen LogP contribution in [0.4, 0.5) is 5.82 Å². The molecule has 0 N–H and O–H groups in total. The first kappa shape index (κ1) is 22.7. The summed E-state index contributed by atoms with van der Waals surface area (Å²) in [4.78, 5) is 11.8. The largest absolute Gasteiger partial charge is 0.354 e. The van der Waals surface area contributed by atoms with Crippen LogP contribution in [-0.4, -0.2) is 48.9 Å². The van der Waals surface area contributed by atoms with E-state index in [-0.39, 0.29) is 0 Å². The van der Waals surface area contributed by atoms with E-state index in [0.717, 1.165) is 28.2 Å². The predicted molar refractivity (Wildman–Crippen MR) is 128 cm³/mol. The SMILES string of the molecule is Cc1ccc(S(=O)(=O)N2CCN(c3nc(C)nc(C)c3Cc3ccccc3Cl)CC2)cc1. The van der Waals surface area contributed by atoms with Gasteiger partial charge < -0.3 is 4.90 Å². The molecule has 168 valence electrons. The molecule has 0 radical (unpaired) electrons. The average Bonchev–Trinajstić information content (AvgIpc) is 2.77. The lowest BCUT2D eigenvalue weighted by molar-refractivity contribution is 0.383. The number of hydrogen-bond acceptors (Lipinski definition) is 5. The molecule has 2 heterocycles. The highest BCUT2D eigenvalue weighted by Crippen LogP contribution is 2.28. The molecule has 1 aromatic heterocycles. The van der Waals surface area contributed by atoms with Crippen LogP contribution >= 0.6 is 11.6 Å². The molecule has 0 spiro atoms. The molecule has 8 heteroatoms. The fourth-order valence-corrected chi connectivity index (χ4v) is 5.64. The molecule has 1 saturated heterocycles. The summed E-state index contributed by atoms with van der Waals surface area (Å²) >= 11 is 6.41. The fraction of sp³-hybridized carbons (Fsp3) is 0.333. The second-order valence-electron chi connectivity index (χ2n) is 8.13. The number of nitrogens with zero attached hydrogens (tertiary/aromatic N) is 4. The Morgan fingerprint density at radius 2 is 1.56 bits per heavy atom. The molecule has 32 heavy (non-hydrogen) atoms. The van der Waals surface area contributed by atoms with Crippen molar-refractivity contribution in [1.29, 1.82) is 0 Å². The van der Waals surface area contributed by atoms with Gasteiger partial charge in [0.05, 0.1) is 4.90 Å². The first-order valence-corrected chi connectivity index (χ1v) is 12.5. The zero-order chi connectivity index (χ0) is 22.9. The second kappa shape index (κ2) is 9.17. The third-order valence-corrected chi connectivity index (χ3v) is 8.11. The number of halogens is 1. The molecule has 1 fully saturated rings. The van der Waals surface area contributed by atoms with E-state index in [1.165, 1.54) is 0 Å². The van der Waals surface area contributed by atoms with E-state index in [1.54, 1.807) is 16.4 Å². The minimum absolute atomic E-state index is 0.338. The first-order valence-electron chi connectivity index (χ1n) is 10.6. The highest BCUT2D eigenvalue weighted by atomic mass is 35.5. The molecule has 1 aliphatic rings. The monoisotopic (exact) mass is 470 g/mol. The van der Waals surface area contributed by atoms with Crippen LogP contribution in [0.5, 0.6) is 0 Å².